The van der Waals surface area contributed by atoms with Crippen molar-refractivity contribution in [1.29, 1.82) is 0 Å². The molecule has 1 saturated carbocycles. The maximum absolute atomic E-state index is 6.45. The van der Waals surface area contributed by atoms with Crippen LogP contribution in [0.25, 0.3) is 0 Å². The lowest BCUT2D eigenvalue weighted by Crippen LogP contribution is -2.15. The van der Waals surface area contributed by atoms with Crippen LogP contribution in [0.1, 0.15) is 35.2 Å². The summed E-state index contributed by atoms with van der Waals surface area (Å²) in [4.78, 5) is 0. The number of aryl methyl sites for hydroxylation is 2. The maximum atomic E-state index is 6.45. The molecule has 0 saturated heterocycles. The van der Waals surface area contributed by atoms with Crippen LogP contribution in [0.3, 0.4) is 0 Å². The highest BCUT2D eigenvalue weighted by Gasteiger charge is 2.56. The van der Waals surface area contributed by atoms with Gasteiger partial charge in [0.2, 0.25) is 0 Å². The van der Waals surface area contributed by atoms with E-state index in [9.17, 15) is 0 Å². The maximum Gasteiger partial charge on any atom is 0.0794 e. The summed E-state index contributed by atoms with van der Waals surface area (Å²) in [5.74, 6) is 2.02. The molecule has 2 aliphatic rings. The Morgan fingerprint density at radius 3 is 2.95 bits per heavy atom. The Bertz CT molecular complexity index is 616. The Morgan fingerprint density at radius 2 is 2.16 bits per heavy atom. The molecule has 0 amide bonds. The van der Waals surface area contributed by atoms with Crippen LogP contribution in [-0.4, -0.2) is 9.78 Å². The van der Waals surface area contributed by atoms with E-state index in [0.29, 0.717) is 11.8 Å². The van der Waals surface area contributed by atoms with E-state index in [4.69, 9.17) is 5.73 Å². The van der Waals surface area contributed by atoms with Gasteiger partial charge in [0.1, 0.15) is 0 Å². The van der Waals surface area contributed by atoms with Gasteiger partial charge in [-0.25, -0.2) is 0 Å². The van der Waals surface area contributed by atoms with Gasteiger partial charge in [0.05, 0.1) is 11.7 Å². The van der Waals surface area contributed by atoms with Crippen LogP contribution in [0.4, 0.5) is 0 Å². The molecule has 1 fully saturated rings. The van der Waals surface area contributed by atoms with Crippen molar-refractivity contribution in [3.8, 4) is 0 Å². The summed E-state index contributed by atoms with van der Waals surface area (Å²) >= 11 is 0. The monoisotopic (exact) mass is 253 g/mol. The number of rotatable bonds is 2. The molecule has 1 aromatic carbocycles. The van der Waals surface area contributed by atoms with Crippen LogP contribution in [0, 0.1) is 11.8 Å². The van der Waals surface area contributed by atoms with Gasteiger partial charge in [0.25, 0.3) is 0 Å². The van der Waals surface area contributed by atoms with Gasteiger partial charge < -0.3 is 5.73 Å². The third-order valence-electron chi connectivity index (χ3n) is 4.88. The van der Waals surface area contributed by atoms with Gasteiger partial charge in [-0.3, -0.25) is 4.68 Å². The molecule has 4 unspecified atom stereocenters. The normalized spacial score (nSPS) is 29.5. The van der Waals surface area contributed by atoms with E-state index >= 15 is 0 Å². The van der Waals surface area contributed by atoms with Crippen molar-refractivity contribution in [2.75, 3.05) is 0 Å². The van der Waals surface area contributed by atoms with Gasteiger partial charge in [-0.2, -0.15) is 5.10 Å². The molecule has 2 aliphatic carbocycles. The summed E-state index contributed by atoms with van der Waals surface area (Å²) < 4.78 is 1.84. The summed E-state index contributed by atoms with van der Waals surface area (Å²) in [6.45, 7) is 0. The molecule has 0 spiro atoms. The molecule has 3 nitrogen and oxygen atoms in total. The minimum Gasteiger partial charge on any atom is -0.322 e. The summed E-state index contributed by atoms with van der Waals surface area (Å²) in [6, 6.07) is 11.0. The predicted molar refractivity (Wildman–Crippen MR) is 74.6 cm³/mol. The lowest BCUT2D eigenvalue weighted by molar-refractivity contribution is 0.537. The van der Waals surface area contributed by atoms with Crippen LogP contribution in [0.2, 0.25) is 0 Å². The molecule has 1 heterocycles. The van der Waals surface area contributed by atoms with Gasteiger partial charge >= 0.3 is 0 Å². The summed E-state index contributed by atoms with van der Waals surface area (Å²) in [5, 5.41) is 4.48. The number of hydrogen-bond acceptors (Lipinski definition) is 2. The second kappa shape index (κ2) is 3.94. The molecule has 4 rings (SSSR count). The van der Waals surface area contributed by atoms with E-state index in [-0.39, 0.29) is 6.04 Å². The van der Waals surface area contributed by atoms with Crippen molar-refractivity contribution in [2.45, 2.75) is 24.8 Å². The molecule has 19 heavy (non-hydrogen) atoms. The van der Waals surface area contributed by atoms with Gasteiger partial charge in [-0.05, 0) is 47.8 Å². The molecule has 3 heteroatoms. The molecular weight excluding hydrogens is 234 g/mol. The fourth-order valence-corrected chi connectivity index (χ4v) is 3.92. The number of aromatic nitrogens is 2. The van der Waals surface area contributed by atoms with Crippen molar-refractivity contribution in [1.82, 2.24) is 9.78 Å². The molecule has 1 aromatic heterocycles. The smallest absolute Gasteiger partial charge is 0.0794 e. The van der Waals surface area contributed by atoms with E-state index in [1.54, 1.807) is 0 Å². The fraction of sp³-hybridized carbons (Fsp3) is 0.438. The Morgan fingerprint density at radius 1 is 1.32 bits per heavy atom. The molecule has 0 bridgehead atoms. The van der Waals surface area contributed by atoms with Crippen molar-refractivity contribution in [3.05, 3.63) is 53.3 Å². The van der Waals surface area contributed by atoms with Crippen LogP contribution in [0.15, 0.2) is 36.5 Å². The molecule has 2 N–H and O–H groups in total. The van der Waals surface area contributed by atoms with Crippen molar-refractivity contribution < 1.29 is 0 Å². The minimum atomic E-state index is 0.0855. The van der Waals surface area contributed by atoms with Gasteiger partial charge in [-0.1, -0.05) is 24.3 Å². The van der Waals surface area contributed by atoms with E-state index in [1.807, 2.05) is 17.9 Å². The Hall–Kier alpha value is -1.61. The number of nitrogens with two attached hydrogens (primary N) is 1. The minimum absolute atomic E-state index is 0.0855. The van der Waals surface area contributed by atoms with E-state index in [0.717, 1.165) is 11.6 Å². The SMILES string of the molecule is Cn1ccc(C(N)C2C3CCc4ccccc4C32)n1. The largest absolute Gasteiger partial charge is 0.322 e. The average Bonchev–Trinajstić information content (AvgIpc) is 3.03. The Kier molecular flexibility index (Phi) is 2.33. The van der Waals surface area contributed by atoms with E-state index in [1.165, 1.54) is 24.0 Å². The molecule has 2 aromatic rings. The first-order valence-electron chi connectivity index (χ1n) is 7.08. The quantitative estimate of drug-likeness (QED) is 0.893. The van der Waals surface area contributed by atoms with Gasteiger partial charge in [-0.15, -0.1) is 0 Å². The zero-order chi connectivity index (χ0) is 13.0. The van der Waals surface area contributed by atoms with Gasteiger partial charge in [0.15, 0.2) is 0 Å². The first-order valence-corrected chi connectivity index (χ1v) is 7.08. The van der Waals surface area contributed by atoms with Crippen LogP contribution in [-0.2, 0) is 13.5 Å². The molecule has 0 aliphatic heterocycles. The molecule has 98 valence electrons. The van der Waals surface area contributed by atoms with Crippen molar-refractivity contribution in [3.63, 3.8) is 0 Å². The molecule has 0 radical (unpaired) electrons. The van der Waals surface area contributed by atoms with E-state index in [2.05, 4.69) is 35.4 Å². The van der Waals surface area contributed by atoms with Crippen molar-refractivity contribution >= 4 is 0 Å². The highest BCUT2D eigenvalue weighted by Crippen LogP contribution is 2.63. The third kappa shape index (κ3) is 1.65. The van der Waals surface area contributed by atoms with Crippen LogP contribution >= 0.6 is 0 Å². The van der Waals surface area contributed by atoms with Crippen LogP contribution < -0.4 is 5.73 Å². The molecular formula is C16H19N3. The average molecular weight is 253 g/mol. The zero-order valence-corrected chi connectivity index (χ0v) is 11.2. The van der Waals surface area contributed by atoms with Gasteiger partial charge in [0, 0.05) is 13.2 Å². The molecule has 4 atom stereocenters. The fourth-order valence-electron chi connectivity index (χ4n) is 3.92. The van der Waals surface area contributed by atoms with E-state index < -0.39 is 0 Å². The highest BCUT2D eigenvalue weighted by atomic mass is 15.3. The Labute approximate surface area is 113 Å². The number of benzene rings is 1. The first kappa shape index (κ1) is 11.2. The first-order chi connectivity index (χ1) is 9.25. The number of fused-ring (bicyclic) bond motifs is 3. The van der Waals surface area contributed by atoms with Crippen molar-refractivity contribution in [2.24, 2.45) is 24.6 Å². The Balaban J connectivity index is 1.63. The summed E-state index contributed by atoms with van der Waals surface area (Å²) in [5.41, 5.74) is 10.6. The number of nitrogens with zero attached hydrogens (tertiary/aromatic N) is 2. The second-order valence-electron chi connectivity index (χ2n) is 5.94. The number of hydrogen-bond donors (Lipinski definition) is 1. The summed E-state index contributed by atoms with van der Waals surface area (Å²) in [6.07, 6.45) is 4.48. The van der Waals surface area contributed by atoms with Crippen LogP contribution in [0.5, 0.6) is 0 Å². The lowest BCUT2D eigenvalue weighted by Gasteiger charge is -2.13. The second-order valence-corrected chi connectivity index (χ2v) is 5.94. The standard InChI is InChI=1S/C16H19N3/c1-19-9-8-13(18-19)16(17)15-12-7-6-10-4-2-3-5-11(10)14(12)15/h2-5,8-9,12,14-16H,6-7,17H2,1H3. The summed E-state index contributed by atoms with van der Waals surface area (Å²) in [7, 11) is 1.95. The topological polar surface area (TPSA) is 43.8 Å². The third-order valence-corrected chi connectivity index (χ3v) is 4.88. The lowest BCUT2D eigenvalue weighted by atomic mass is 9.92. The predicted octanol–water partition coefficient (Wildman–Crippen LogP) is 2.40. The zero-order valence-electron chi connectivity index (χ0n) is 11.2. The highest BCUT2D eigenvalue weighted by molar-refractivity contribution is 5.40.